The Balaban J connectivity index is 1.38. The van der Waals surface area contributed by atoms with Gasteiger partial charge in [0.25, 0.3) is 0 Å². The van der Waals surface area contributed by atoms with E-state index in [2.05, 4.69) is 10.1 Å². The maximum absolute atomic E-state index is 5.93. The Kier molecular flexibility index (Phi) is 4.47. The normalized spacial score (nSPS) is 10.9. The molecule has 0 saturated carbocycles. The summed E-state index contributed by atoms with van der Waals surface area (Å²) in [5, 5.41) is 4.50. The first kappa shape index (κ1) is 17.1. The molecule has 0 saturated heterocycles. The topological polar surface area (TPSA) is 52.8 Å². The zero-order valence-electron chi connectivity index (χ0n) is 15.6. The monoisotopic (exact) mass is 378 g/mol. The van der Waals surface area contributed by atoms with Crippen molar-refractivity contribution in [3.8, 4) is 22.7 Å². The molecule has 0 amide bonds. The van der Waals surface area contributed by atoms with Crippen LogP contribution < -0.4 is 4.74 Å². The van der Waals surface area contributed by atoms with E-state index in [4.69, 9.17) is 9.72 Å². The molecule has 0 atom stereocenters. The van der Waals surface area contributed by atoms with Gasteiger partial charge >= 0.3 is 0 Å². The number of fused-ring (bicyclic) bond motifs is 1. The molecular weight excluding hydrogens is 360 g/mol. The van der Waals surface area contributed by atoms with Gasteiger partial charge in [-0.3, -0.25) is 4.98 Å². The molecular formula is C24H18N4O. The Morgan fingerprint density at radius 1 is 0.793 bits per heavy atom. The van der Waals surface area contributed by atoms with Crippen molar-refractivity contribution in [1.29, 1.82) is 0 Å². The molecule has 0 bridgehead atoms. The lowest BCUT2D eigenvalue weighted by molar-refractivity contribution is 0.306. The molecule has 0 fully saturated rings. The van der Waals surface area contributed by atoms with Crippen molar-refractivity contribution in [3.05, 3.63) is 103 Å². The van der Waals surface area contributed by atoms with Gasteiger partial charge in [-0.05, 0) is 29.8 Å². The summed E-state index contributed by atoms with van der Waals surface area (Å²) >= 11 is 0. The van der Waals surface area contributed by atoms with Crippen LogP contribution in [0.5, 0.6) is 5.75 Å². The second kappa shape index (κ2) is 7.56. The number of ether oxygens (including phenoxy) is 1. The molecule has 5 aromatic rings. The molecule has 140 valence electrons. The summed E-state index contributed by atoms with van der Waals surface area (Å²) in [5.74, 6) is 0.800. The second-order valence-electron chi connectivity index (χ2n) is 6.69. The Morgan fingerprint density at radius 3 is 2.52 bits per heavy atom. The smallest absolute Gasteiger partial charge is 0.121 e. The molecule has 0 unspecified atom stereocenters. The van der Waals surface area contributed by atoms with E-state index < -0.39 is 0 Å². The van der Waals surface area contributed by atoms with Crippen LogP contribution in [-0.2, 0) is 6.61 Å². The van der Waals surface area contributed by atoms with Crippen LogP contribution in [0.4, 0.5) is 0 Å². The van der Waals surface area contributed by atoms with Crippen molar-refractivity contribution in [1.82, 2.24) is 19.7 Å². The summed E-state index contributed by atoms with van der Waals surface area (Å²) in [5.41, 5.74) is 5.52. The third-order valence-electron chi connectivity index (χ3n) is 4.66. The second-order valence-corrected chi connectivity index (χ2v) is 6.69. The van der Waals surface area contributed by atoms with Crippen molar-refractivity contribution >= 4 is 11.0 Å². The number of hydrogen-bond acceptors (Lipinski definition) is 4. The molecule has 5 heteroatoms. The van der Waals surface area contributed by atoms with Crippen LogP contribution in [0.1, 0.15) is 5.56 Å². The quantitative estimate of drug-likeness (QED) is 0.429. The first-order valence-corrected chi connectivity index (χ1v) is 9.39. The lowest BCUT2D eigenvalue weighted by Gasteiger charge is -2.08. The Labute approximate surface area is 168 Å². The van der Waals surface area contributed by atoms with E-state index in [0.717, 1.165) is 39.3 Å². The van der Waals surface area contributed by atoms with Crippen LogP contribution in [0.15, 0.2) is 97.5 Å². The predicted molar refractivity (Wildman–Crippen MR) is 113 cm³/mol. The van der Waals surface area contributed by atoms with Crippen LogP contribution in [0, 0.1) is 0 Å². The van der Waals surface area contributed by atoms with Crippen LogP contribution >= 0.6 is 0 Å². The van der Waals surface area contributed by atoms with Crippen LogP contribution in [0.3, 0.4) is 0 Å². The molecule has 5 rings (SSSR count). The number of benzene rings is 3. The highest BCUT2D eigenvalue weighted by atomic mass is 16.5. The fourth-order valence-corrected chi connectivity index (χ4v) is 3.15. The highest BCUT2D eigenvalue weighted by molar-refractivity contribution is 5.76. The molecule has 0 aliphatic heterocycles. The number of rotatable bonds is 5. The molecule has 0 N–H and O–H groups in total. The fraction of sp³-hybridized carbons (Fsp3) is 0.0417. The Bertz CT molecular complexity index is 1260. The summed E-state index contributed by atoms with van der Waals surface area (Å²) in [6.07, 6.45) is 5.54. The average molecular weight is 378 g/mol. The first-order valence-electron chi connectivity index (χ1n) is 9.39. The van der Waals surface area contributed by atoms with Crippen LogP contribution in [0.25, 0.3) is 28.0 Å². The first-order chi connectivity index (χ1) is 14.3. The van der Waals surface area contributed by atoms with E-state index in [1.54, 1.807) is 12.4 Å². The Hall–Kier alpha value is -3.99. The van der Waals surface area contributed by atoms with Gasteiger partial charge in [-0.2, -0.15) is 5.10 Å². The molecule has 0 radical (unpaired) electrons. The van der Waals surface area contributed by atoms with Gasteiger partial charge in [0.05, 0.1) is 34.8 Å². The van der Waals surface area contributed by atoms with E-state index in [1.807, 2.05) is 89.7 Å². The summed E-state index contributed by atoms with van der Waals surface area (Å²) in [6.45, 7) is 0.529. The van der Waals surface area contributed by atoms with Gasteiger partial charge in [0, 0.05) is 17.8 Å². The minimum atomic E-state index is 0.529. The maximum Gasteiger partial charge on any atom is 0.121 e. The molecule has 0 aliphatic rings. The third kappa shape index (κ3) is 3.71. The highest BCUT2D eigenvalue weighted by Gasteiger charge is 2.07. The number of nitrogens with zero attached hydrogens (tertiary/aromatic N) is 4. The van der Waals surface area contributed by atoms with Crippen LogP contribution in [-0.4, -0.2) is 19.7 Å². The lowest BCUT2D eigenvalue weighted by atomic mass is 10.2. The van der Waals surface area contributed by atoms with Gasteiger partial charge in [-0.15, -0.1) is 0 Å². The zero-order valence-corrected chi connectivity index (χ0v) is 15.6. The third-order valence-corrected chi connectivity index (χ3v) is 4.66. The summed E-state index contributed by atoms with van der Waals surface area (Å²) in [7, 11) is 0. The highest BCUT2D eigenvalue weighted by Crippen LogP contribution is 2.22. The standard InChI is InChI=1S/C24H18N4O/c1-2-7-18(8-3-1)17-29-21-10-6-9-20(13-21)28-16-19(14-26-28)24-15-25-22-11-4-5-12-23(22)27-24/h1-16H,17H2. The van der Waals surface area contributed by atoms with Crippen molar-refractivity contribution in [2.45, 2.75) is 6.61 Å². The molecule has 5 nitrogen and oxygen atoms in total. The van der Waals surface area contributed by atoms with Crippen LogP contribution in [0.2, 0.25) is 0 Å². The number of hydrogen-bond donors (Lipinski definition) is 0. The minimum Gasteiger partial charge on any atom is -0.489 e. The molecule has 2 heterocycles. The average Bonchev–Trinajstić information content (AvgIpc) is 3.29. The maximum atomic E-state index is 5.93. The number of para-hydroxylation sites is 2. The predicted octanol–water partition coefficient (Wildman–Crippen LogP) is 5.06. The van der Waals surface area contributed by atoms with Gasteiger partial charge < -0.3 is 4.74 Å². The Morgan fingerprint density at radius 2 is 1.62 bits per heavy atom. The minimum absolute atomic E-state index is 0.529. The van der Waals surface area contributed by atoms with Gasteiger partial charge in [0.1, 0.15) is 12.4 Å². The van der Waals surface area contributed by atoms with E-state index in [-0.39, 0.29) is 0 Å². The van der Waals surface area contributed by atoms with Gasteiger partial charge in [-0.1, -0.05) is 48.5 Å². The molecule has 2 aromatic heterocycles. The van der Waals surface area contributed by atoms with Crippen molar-refractivity contribution in [2.24, 2.45) is 0 Å². The summed E-state index contributed by atoms with van der Waals surface area (Å²) in [4.78, 5) is 9.18. The van der Waals surface area contributed by atoms with E-state index >= 15 is 0 Å². The largest absolute Gasteiger partial charge is 0.489 e. The van der Waals surface area contributed by atoms with Gasteiger partial charge in [0.15, 0.2) is 0 Å². The van der Waals surface area contributed by atoms with Crippen molar-refractivity contribution < 1.29 is 4.74 Å². The molecule has 0 aliphatic carbocycles. The van der Waals surface area contributed by atoms with Gasteiger partial charge in [0.2, 0.25) is 0 Å². The van der Waals surface area contributed by atoms with Gasteiger partial charge in [-0.25, -0.2) is 9.67 Å². The van der Waals surface area contributed by atoms with E-state index in [0.29, 0.717) is 6.61 Å². The zero-order chi connectivity index (χ0) is 19.5. The molecule has 3 aromatic carbocycles. The summed E-state index contributed by atoms with van der Waals surface area (Å²) < 4.78 is 7.75. The van der Waals surface area contributed by atoms with E-state index in [9.17, 15) is 0 Å². The lowest BCUT2D eigenvalue weighted by Crippen LogP contribution is -1.98. The van der Waals surface area contributed by atoms with Crippen molar-refractivity contribution in [3.63, 3.8) is 0 Å². The number of aromatic nitrogens is 4. The summed E-state index contributed by atoms with van der Waals surface area (Å²) in [6, 6.07) is 25.9. The van der Waals surface area contributed by atoms with Crippen molar-refractivity contribution in [2.75, 3.05) is 0 Å². The molecule has 0 spiro atoms. The fourth-order valence-electron chi connectivity index (χ4n) is 3.15. The SMILES string of the molecule is c1ccc(COc2cccc(-n3cc(-c4cnc5ccccc5n4)cn3)c2)cc1. The van der Waals surface area contributed by atoms with E-state index in [1.165, 1.54) is 0 Å². The molecule has 29 heavy (non-hydrogen) atoms.